The molecule has 2 heteroatoms. The fourth-order valence-electron chi connectivity index (χ4n) is 2.33. The summed E-state index contributed by atoms with van der Waals surface area (Å²) in [5.74, 6) is 0. The average Bonchev–Trinajstić information content (AvgIpc) is 2.30. The molecule has 2 nitrogen and oxygen atoms in total. The molecule has 0 aliphatic carbocycles. The first-order valence-electron chi connectivity index (χ1n) is 6.13. The van der Waals surface area contributed by atoms with Gasteiger partial charge in [0.15, 0.2) is 0 Å². The van der Waals surface area contributed by atoms with E-state index in [1.54, 1.807) is 0 Å². The maximum absolute atomic E-state index is 5.38. The van der Waals surface area contributed by atoms with Gasteiger partial charge in [0, 0.05) is 19.1 Å². The van der Waals surface area contributed by atoms with Crippen molar-refractivity contribution in [2.75, 3.05) is 26.3 Å². The molecule has 1 heterocycles. The van der Waals surface area contributed by atoms with Gasteiger partial charge in [0.05, 0.1) is 13.2 Å². The lowest BCUT2D eigenvalue weighted by atomic mass is 10.0. The lowest BCUT2D eigenvalue weighted by Gasteiger charge is -2.32. The highest BCUT2D eigenvalue weighted by atomic mass is 16.5. The van der Waals surface area contributed by atoms with Crippen molar-refractivity contribution in [3.63, 3.8) is 0 Å². The summed E-state index contributed by atoms with van der Waals surface area (Å²) < 4.78 is 5.38. The third-order valence-corrected chi connectivity index (χ3v) is 3.28. The molecule has 1 saturated heterocycles. The Morgan fingerprint density at radius 2 is 2.06 bits per heavy atom. The molecule has 1 atom stereocenters. The molecule has 16 heavy (non-hydrogen) atoms. The second kappa shape index (κ2) is 5.46. The monoisotopic (exact) mass is 219 g/mol. The molecule has 0 amide bonds. The van der Waals surface area contributed by atoms with Crippen LogP contribution in [0.2, 0.25) is 0 Å². The van der Waals surface area contributed by atoms with Gasteiger partial charge >= 0.3 is 0 Å². The van der Waals surface area contributed by atoms with Crippen molar-refractivity contribution in [2.24, 2.45) is 0 Å². The largest absolute Gasteiger partial charge is 0.379 e. The second-order valence-electron chi connectivity index (χ2n) is 4.69. The van der Waals surface area contributed by atoms with Crippen LogP contribution >= 0.6 is 0 Å². The van der Waals surface area contributed by atoms with E-state index in [-0.39, 0.29) is 0 Å². The summed E-state index contributed by atoms with van der Waals surface area (Å²) in [4.78, 5) is 2.52. The highest BCUT2D eigenvalue weighted by molar-refractivity contribution is 5.22. The Hall–Kier alpha value is -0.860. The van der Waals surface area contributed by atoms with Gasteiger partial charge in [-0.15, -0.1) is 0 Å². The smallest absolute Gasteiger partial charge is 0.0594 e. The average molecular weight is 219 g/mol. The molecule has 0 aromatic heterocycles. The predicted octanol–water partition coefficient (Wildman–Crippen LogP) is 2.26. The summed E-state index contributed by atoms with van der Waals surface area (Å²) in [5, 5.41) is 0. The normalized spacial score (nSPS) is 19.6. The number of rotatable bonds is 3. The van der Waals surface area contributed by atoms with Crippen molar-refractivity contribution in [3.05, 3.63) is 35.4 Å². The number of hydrogen-bond acceptors (Lipinski definition) is 2. The topological polar surface area (TPSA) is 12.5 Å². The van der Waals surface area contributed by atoms with Gasteiger partial charge in [-0.25, -0.2) is 0 Å². The maximum Gasteiger partial charge on any atom is 0.0594 e. The standard InChI is InChI=1S/C14H21NO/c1-12-4-3-5-14(10-12)11-13(2)15-6-8-16-9-7-15/h3-5,10,13H,6-9,11H2,1-2H3. The van der Waals surface area contributed by atoms with Crippen LogP contribution in [0.1, 0.15) is 18.1 Å². The molecular weight excluding hydrogens is 198 g/mol. The van der Waals surface area contributed by atoms with E-state index in [4.69, 9.17) is 4.74 Å². The van der Waals surface area contributed by atoms with Gasteiger partial charge in [-0.05, 0) is 25.8 Å². The Kier molecular flexibility index (Phi) is 3.97. The van der Waals surface area contributed by atoms with Gasteiger partial charge in [-0.2, -0.15) is 0 Å². The van der Waals surface area contributed by atoms with E-state index in [1.807, 2.05) is 0 Å². The Bertz CT molecular complexity index is 331. The number of morpholine rings is 1. The summed E-state index contributed by atoms with van der Waals surface area (Å²) in [6, 6.07) is 9.44. The molecule has 0 bridgehead atoms. The zero-order chi connectivity index (χ0) is 11.4. The molecule has 0 radical (unpaired) electrons. The summed E-state index contributed by atoms with van der Waals surface area (Å²) in [7, 11) is 0. The zero-order valence-corrected chi connectivity index (χ0v) is 10.3. The highest BCUT2D eigenvalue weighted by Gasteiger charge is 2.16. The number of benzene rings is 1. The Morgan fingerprint density at radius 1 is 1.31 bits per heavy atom. The summed E-state index contributed by atoms with van der Waals surface area (Å²) in [6.45, 7) is 8.40. The lowest BCUT2D eigenvalue weighted by Crippen LogP contribution is -2.43. The minimum atomic E-state index is 0.616. The van der Waals surface area contributed by atoms with Crippen LogP contribution in [0.3, 0.4) is 0 Å². The van der Waals surface area contributed by atoms with Gasteiger partial charge < -0.3 is 4.74 Å². The van der Waals surface area contributed by atoms with Crippen molar-refractivity contribution in [3.8, 4) is 0 Å². The number of ether oxygens (including phenoxy) is 1. The van der Waals surface area contributed by atoms with Crippen molar-refractivity contribution >= 4 is 0 Å². The SMILES string of the molecule is Cc1cccc(CC(C)N2CCOCC2)c1. The minimum Gasteiger partial charge on any atom is -0.379 e. The van der Waals surface area contributed by atoms with Gasteiger partial charge in [-0.1, -0.05) is 29.8 Å². The minimum absolute atomic E-state index is 0.616. The molecular formula is C14H21NO. The highest BCUT2D eigenvalue weighted by Crippen LogP contribution is 2.12. The predicted molar refractivity (Wildman–Crippen MR) is 66.7 cm³/mol. The van der Waals surface area contributed by atoms with Crippen molar-refractivity contribution < 1.29 is 4.74 Å². The molecule has 0 spiro atoms. The number of nitrogens with zero attached hydrogens (tertiary/aromatic N) is 1. The van der Waals surface area contributed by atoms with E-state index in [0.717, 1.165) is 32.7 Å². The van der Waals surface area contributed by atoms with Crippen molar-refractivity contribution in [1.29, 1.82) is 0 Å². The number of hydrogen-bond donors (Lipinski definition) is 0. The molecule has 1 aromatic rings. The first kappa shape index (κ1) is 11.6. The lowest BCUT2D eigenvalue weighted by molar-refractivity contribution is 0.0203. The first-order valence-corrected chi connectivity index (χ1v) is 6.13. The van der Waals surface area contributed by atoms with E-state index in [0.29, 0.717) is 6.04 Å². The molecule has 1 aromatic carbocycles. The molecule has 2 rings (SSSR count). The van der Waals surface area contributed by atoms with E-state index in [1.165, 1.54) is 11.1 Å². The molecule has 0 N–H and O–H groups in total. The molecule has 1 unspecified atom stereocenters. The van der Waals surface area contributed by atoms with Crippen LogP contribution in [-0.2, 0) is 11.2 Å². The van der Waals surface area contributed by atoms with Crippen LogP contribution in [0.25, 0.3) is 0 Å². The molecule has 88 valence electrons. The summed E-state index contributed by atoms with van der Waals surface area (Å²) in [5.41, 5.74) is 2.80. The van der Waals surface area contributed by atoms with Crippen LogP contribution in [0.5, 0.6) is 0 Å². The van der Waals surface area contributed by atoms with E-state index >= 15 is 0 Å². The van der Waals surface area contributed by atoms with Crippen LogP contribution in [0.15, 0.2) is 24.3 Å². The van der Waals surface area contributed by atoms with Gasteiger partial charge in [0.25, 0.3) is 0 Å². The third kappa shape index (κ3) is 3.06. The first-order chi connectivity index (χ1) is 7.75. The van der Waals surface area contributed by atoms with Crippen LogP contribution in [-0.4, -0.2) is 37.2 Å². The Labute approximate surface area is 98.2 Å². The molecule has 1 aliphatic heterocycles. The van der Waals surface area contributed by atoms with Crippen molar-refractivity contribution in [2.45, 2.75) is 26.3 Å². The van der Waals surface area contributed by atoms with Crippen LogP contribution in [0, 0.1) is 6.92 Å². The van der Waals surface area contributed by atoms with Crippen LogP contribution in [0.4, 0.5) is 0 Å². The van der Waals surface area contributed by atoms with Crippen LogP contribution < -0.4 is 0 Å². The van der Waals surface area contributed by atoms with E-state index in [2.05, 4.69) is 43.0 Å². The van der Waals surface area contributed by atoms with Gasteiger partial charge in [0.1, 0.15) is 0 Å². The van der Waals surface area contributed by atoms with E-state index < -0.39 is 0 Å². The fraction of sp³-hybridized carbons (Fsp3) is 0.571. The third-order valence-electron chi connectivity index (χ3n) is 3.28. The quantitative estimate of drug-likeness (QED) is 0.773. The fourth-order valence-corrected chi connectivity index (χ4v) is 2.33. The Morgan fingerprint density at radius 3 is 2.75 bits per heavy atom. The van der Waals surface area contributed by atoms with Gasteiger partial charge in [-0.3, -0.25) is 4.90 Å². The van der Waals surface area contributed by atoms with E-state index in [9.17, 15) is 0 Å². The Balaban J connectivity index is 1.93. The molecule has 1 aliphatic rings. The second-order valence-corrected chi connectivity index (χ2v) is 4.69. The van der Waals surface area contributed by atoms with Crippen molar-refractivity contribution in [1.82, 2.24) is 4.90 Å². The summed E-state index contributed by atoms with van der Waals surface area (Å²) in [6.07, 6.45) is 1.14. The molecule has 1 fully saturated rings. The zero-order valence-electron chi connectivity index (χ0n) is 10.3. The maximum atomic E-state index is 5.38. The van der Waals surface area contributed by atoms with Gasteiger partial charge in [0.2, 0.25) is 0 Å². The summed E-state index contributed by atoms with van der Waals surface area (Å²) >= 11 is 0. The molecule has 0 saturated carbocycles. The number of aryl methyl sites for hydroxylation is 1.